The van der Waals surface area contributed by atoms with Gasteiger partial charge >= 0.3 is 0 Å². The first-order chi connectivity index (χ1) is 8.93. The smallest absolute Gasteiger partial charge is 0.224 e. The van der Waals surface area contributed by atoms with Gasteiger partial charge in [0.05, 0.1) is 12.5 Å². The van der Waals surface area contributed by atoms with Crippen molar-refractivity contribution < 1.29 is 9.53 Å². The highest BCUT2D eigenvalue weighted by molar-refractivity contribution is 5.79. The number of amides is 1. The minimum atomic E-state index is 0.00548. The highest BCUT2D eigenvalue weighted by Crippen LogP contribution is 2.42. The summed E-state index contributed by atoms with van der Waals surface area (Å²) >= 11 is 0. The Balaban J connectivity index is 1.87. The molecule has 4 nitrogen and oxygen atoms in total. The molecule has 0 aliphatic heterocycles. The van der Waals surface area contributed by atoms with E-state index in [1.807, 2.05) is 24.3 Å². The largest absolute Gasteiger partial charge is 0.399 e. The molecular formula is C15H22N2O2. The van der Waals surface area contributed by atoms with Gasteiger partial charge in [-0.05, 0) is 24.1 Å². The van der Waals surface area contributed by atoms with Gasteiger partial charge in [0.25, 0.3) is 0 Å². The maximum Gasteiger partial charge on any atom is 0.224 e. The van der Waals surface area contributed by atoms with Crippen LogP contribution in [0.25, 0.3) is 0 Å². The number of ether oxygens (including phenoxy) is 1. The molecule has 0 spiro atoms. The van der Waals surface area contributed by atoms with Crippen molar-refractivity contribution in [2.45, 2.75) is 38.8 Å². The van der Waals surface area contributed by atoms with Crippen LogP contribution in [0.4, 0.5) is 5.69 Å². The zero-order valence-electron chi connectivity index (χ0n) is 11.8. The Morgan fingerprint density at radius 3 is 2.58 bits per heavy atom. The highest BCUT2D eigenvalue weighted by atomic mass is 16.5. The van der Waals surface area contributed by atoms with Gasteiger partial charge in [-0.3, -0.25) is 4.79 Å². The van der Waals surface area contributed by atoms with E-state index in [9.17, 15) is 4.79 Å². The van der Waals surface area contributed by atoms with Crippen LogP contribution in [-0.4, -0.2) is 25.2 Å². The molecule has 1 aliphatic rings. The number of methoxy groups -OCH3 is 1. The molecule has 4 heteroatoms. The molecule has 2 unspecified atom stereocenters. The summed E-state index contributed by atoms with van der Waals surface area (Å²) in [6, 6.07) is 7.60. The molecule has 0 heterocycles. The molecule has 0 radical (unpaired) electrons. The Morgan fingerprint density at radius 2 is 2.05 bits per heavy atom. The third kappa shape index (κ3) is 2.89. The molecular weight excluding hydrogens is 240 g/mol. The minimum Gasteiger partial charge on any atom is -0.399 e. The van der Waals surface area contributed by atoms with Crippen LogP contribution in [0.3, 0.4) is 0 Å². The van der Waals surface area contributed by atoms with Gasteiger partial charge in [-0.2, -0.15) is 0 Å². The number of nitrogen functional groups attached to an aromatic ring is 1. The number of carbonyl (C=O) groups is 1. The van der Waals surface area contributed by atoms with Crippen LogP contribution in [0.5, 0.6) is 0 Å². The molecule has 2 atom stereocenters. The van der Waals surface area contributed by atoms with Crippen LogP contribution in [0.1, 0.15) is 25.8 Å². The molecule has 2 rings (SSSR count). The molecule has 1 saturated carbocycles. The number of carbonyl (C=O) groups excluding carboxylic acids is 1. The topological polar surface area (TPSA) is 64.3 Å². The molecule has 1 amide bonds. The van der Waals surface area contributed by atoms with E-state index < -0.39 is 0 Å². The van der Waals surface area contributed by atoms with E-state index >= 15 is 0 Å². The number of hydrogen-bond donors (Lipinski definition) is 2. The standard InChI is InChI=1S/C15H22N2O2/c1-15(2)12(9-13(15)19-3)17-14(18)8-10-4-6-11(16)7-5-10/h4-7,12-13H,8-9,16H2,1-3H3,(H,17,18). The van der Waals surface area contributed by atoms with Crippen molar-refractivity contribution >= 4 is 11.6 Å². The summed E-state index contributed by atoms with van der Waals surface area (Å²) in [5.74, 6) is 0.0531. The molecule has 1 aromatic rings. The SMILES string of the molecule is COC1CC(NC(=O)Cc2ccc(N)cc2)C1(C)C. The second-order valence-electron chi connectivity index (χ2n) is 5.82. The monoisotopic (exact) mass is 262 g/mol. The van der Waals surface area contributed by atoms with E-state index in [1.165, 1.54) is 0 Å². The van der Waals surface area contributed by atoms with Crippen molar-refractivity contribution in [1.29, 1.82) is 0 Å². The van der Waals surface area contributed by atoms with Crippen LogP contribution in [0.2, 0.25) is 0 Å². The number of nitrogens with one attached hydrogen (secondary N) is 1. The summed E-state index contributed by atoms with van der Waals surface area (Å²) in [5, 5.41) is 3.08. The number of benzene rings is 1. The van der Waals surface area contributed by atoms with Crippen molar-refractivity contribution in [1.82, 2.24) is 5.32 Å². The zero-order chi connectivity index (χ0) is 14.0. The number of anilines is 1. The van der Waals surface area contributed by atoms with Crippen LogP contribution in [0.15, 0.2) is 24.3 Å². The summed E-state index contributed by atoms with van der Waals surface area (Å²) < 4.78 is 5.38. The van der Waals surface area contributed by atoms with Gasteiger partial charge in [0.15, 0.2) is 0 Å². The van der Waals surface area contributed by atoms with Crippen LogP contribution in [-0.2, 0) is 16.0 Å². The van der Waals surface area contributed by atoms with E-state index in [2.05, 4.69) is 19.2 Å². The molecule has 19 heavy (non-hydrogen) atoms. The van der Waals surface area contributed by atoms with Crippen molar-refractivity contribution in [3.8, 4) is 0 Å². The first-order valence-electron chi connectivity index (χ1n) is 6.60. The van der Waals surface area contributed by atoms with E-state index in [-0.39, 0.29) is 23.5 Å². The Hall–Kier alpha value is -1.55. The number of nitrogens with two attached hydrogens (primary N) is 1. The lowest BCUT2D eigenvalue weighted by atomic mass is 9.64. The molecule has 3 N–H and O–H groups in total. The Kier molecular flexibility index (Phi) is 3.80. The highest BCUT2D eigenvalue weighted by Gasteiger charge is 2.49. The summed E-state index contributed by atoms with van der Waals surface area (Å²) in [5.41, 5.74) is 7.32. The zero-order valence-corrected chi connectivity index (χ0v) is 11.8. The third-order valence-electron chi connectivity index (χ3n) is 4.14. The molecule has 1 fully saturated rings. The van der Waals surface area contributed by atoms with Crippen molar-refractivity contribution in [2.75, 3.05) is 12.8 Å². The van der Waals surface area contributed by atoms with Crippen molar-refractivity contribution in [3.05, 3.63) is 29.8 Å². The summed E-state index contributed by atoms with van der Waals surface area (Å²) in [6.07, 6.45) is 1.51. The molecule has 104 valence electrons. The van der Waals surface area contributed by atoms with Gasteiger partial charge in [-0.25, -0.2) is 0 Å². The molecule has 0 bridgehead atoms. The van der Waals surface area contributed by atoms with Crippen LogP contribution in [0, 0.1) is 5.41 Å². The third-order valence-corrected chi connectivity index (χ3v) is 4.14. The Morgan fingerprint density at radius 1 is 1.42 bits per heavy atom. The normalized spacial score (nSPS) is 24.6. The van der Waals surface area contributed by atoms with Gasteiger partial charge in [0, 0.05) is 24.3 Å². The first kappa shape index (κ1) is 13.9. The quantitative estimate of drug-likeness (QED) is 0.812. The maximum absolute atomic E-state index is 12.0. The fraction of sp³-hybridized carbons (Fsp3) is 0.533. The fourth-order valence-corrected chi connectivity index (χ4v) is 2.60. The average molecular weight is 262 g/mol. The lowest BCUT2D eigenvalue weighted by Crippen LogP contribution is -2.62. The number of rotatable bonds is 4. The Bertz CT molecular complexity index is 454. The lowest BCUT2D eigenvalue weighted by molar-refractivity contribution is -0.132. The van der Waals surface area contributed by atoms with Gasteiger partial charge in [0.1, 0.15) is 0 Å². The van der Waals surface area contributed by atoms with Gasteiger partial charge in [-0.1, -0.05) is 26.0 Å². The predicted molar refractivity (Wildman–Crippen MR) is 75.7 cm³/mol. The predicted octanol–water partition coefficient (Wildman–Crippen LogP) is 1.74. The lowest BCUT2D eigenvalue weighted by Gasteiger charge is -2.51. The molecule has 1 aliphatic carbocycles. The van der Waals surface area contributed by atoms with Crippen LogP contribution < -0.4 is 11.1 Å². The first-order valence-corrected chi connectivity index (χ1v) is 6.60. The summed E-state index contributed by atoms with van der Waals surface area (Å²) in [7, 11) is 1.72. The van der Waals surface area contributed by atoms with E-state index in [4.69, 9.17) is 10.5 Å². The van der Waals surface area contributed by atoms with E-state index in [0.717, 1.165) is 12.0 Å². The summed E-state index contributed by atoms with van der Waals surface area (Å²) in [6.45, 7) is 4.25. The van der Waals surface area contributed by atoms with E-state index in [1.54, 1.807) is 7.11 Å². The van der Waals surface area contributed by atoms with Gasteiger partial charge in [0.2, 0.25) is 5.91 Å². The minimum absolute atomic E-state index is 0.00548. The second-order valence-corrected chi connectivity index (χ2v) is 5.82. The second kappa shape index (κ2) is 5.21. The molecule has 0 aromatic heterocycles. The fourth-order valence-electron chi connectivity index (χ4n) is 2.60. The number of hydrogen-bond acceptors (Lipinski definition) is 3. The van der Waals surface area contributed by atoms with Crippen molar-refractivity contribution in [2.24, 2.45) is 5.41 Å². The average Bonchev–Trinajstić information content (AvgIpc) is 2.37. The van der Waals surface area contributed by atoms with Gasteiger partial charge in [-0.15, -0.1) is 0 Å². The molecule has 1 aromatic carbocycles. The van der Waals surface area contributed by atoms with Crippen LogP contribution >= 0.6 is 0 Å². The van der Waals surface area contributed by atoms with Crippen molar-refractivity contribution in [3.63, 3.8) is 0 Å². The molecule has 0 saturated heterocycles. The Labute approximate surface area is 114 Å². The van der Waals surface area contributed by atoms with E-state index in [0.29, 0.717) is 12.1 Å². The maximum atomic E-state index is 12.0. The van der Waals surface area contributed by atoms with Gasteiger partial charge < -0.3 is 15.8 Å². The summed E-state index contributed by atoms with van der Waals surface area (Å²) in [4.78, 5) is 12.0.